The van der Waals surface area contributed by atoms with Gasteiger partial charge in [-0.05, 0) is 18.9 Å². The predicted octanol–water partition coefficient (Wildman–Crippen LogP) is 1.82. The van der Waals surface area contributed by atoms with Gasteiger partial charge in [0.05, 0.1) is 11.6 Å². The normalized spacial score (nSPS) is 16.9. The minimum atomic E-state index is -0.798. The quantitative estimate of drug-likeness (QED) is 0.898. The summed E-state index contributed by atoms with van der Waals surface area (Å²) < 4.78 is 1.73. The van der Waals surface area contributed by atoms with Gasteiger partial charge in [0.1, 0.15) is 5.69 Å². The average Bonchev–Trinajstić information content (AvgIpc) is 2.80. The van der Waals surface area contributed by atoms with E-state index in [0.717, 1.165) is 5.69 Å². The molecule has 1 aromatic rings. The minimum absolute atomic E-state index is 0.0500. The van der Waals surface area contributed by atoms with E-state index in [2.05, 4.69) is 5.10 Å². The number of carboxylic acid groups (broad SMARTS) is 1. The maximum atomic E-state index is 12.5. The van der Waals surface area contributed by atoms with Gasteiger partial charge in [-0.1, -0.05) is 20.8 Å². The summed E-state index contributed by atoms with van der Waals surface area (Å²) in [4.78, 5) is 25.1. The van der Waals surface area contributed by atoms with E-state index in [9.17, 15) is 9.59 Å². The van der Waals surface area contributed by atoms with Crippen molar-refractivity contribution in [3.63, 3.8) is 0 Å². The zero-order valence-corrected chi connectivity index (χ0v) is 13.0. The molecule has 0 aromatic carbocycles. The van der Waals surface area contributed by atoms with Crippen LogP contribution in [0.4, 0.5) is 0 Å². The molecule has 1 amide bonds. The van der Waals surface area contributed by atoms with Crippen molar-refractivity contribution in [1.82, 2.24) is 14.7 Å². The topological polar surface area (TPSA) is 75.4 Å². The fourth-order valence-electron chi connectivity index (χ4n) is 2.49. The number of rotatable bonds is 5. The third-order valence-electron chi connectivity index (χ3n) is 4.20. The highest BCUT2D eigenvalue weighted by atomic mass is 16.4. The van der Waals surface area contributed by atoms with Crippen LogP contribution < -0.4 is 0 Å². The summed E-state index contributed by atoms with van der Waals surface area (Å²) in [5, 5.41) is 13.4. The number of hydrogen-bond acceptors (Lipinski definition) is 3. The molecule has 1 aromatic heterocycles. The highest BCUT2D eigenvalue weighted by Crippen LogP contribution is 2.26. The van der Waals surface area contributed by atoms with E-state index in [1.807, 2.05) is 26.8 Å². The Kier molecular flexibility index (Phi) is 4.34. The number of amides is 1. The van der Waals surface area contributed by atoms with E-state index in [4.69, 9.17) is 5.11 Å². The van der Waals surface area contributed by atoms with E-state index in [1.54, 1.807) is 16.5 Å². The van der Waals surface area contributed by atoms with Gasteiger partial charge in [-0.3, -0.25) is 14.3 Å². The molecule has 1 unspecified atom stereocenters. The van der Waals surface area contributed by atoms with Crippen LogP contribution in [0.1, 0.15) is 49.8 Å². The van der Waals surface area contributed by atoms with Gasteiger partial charge in [-0.2, -0.15) is 5.10 Å². The van der Waals surface area contributed by atoms with E-state index < -0.39 is 11.9 Å². The Hall–Kier alpha value is -1.85. The summed E-state index contributed by atoms with van der Waals surface area (Å²) in [6.07, 6.45) is 0. The van der Waals surface area contributed by atoms with Crippen molar-refractivity contribution in [2.45, 2.75) is 40.2 Å². The second-order valence-electron chi connectivity index (χ2n) is 6.02. The first kappa shape index (κ1) is 15.5. The Morgan fingerprint density at radius 3 is 2.48 bits per heavy atom. The molecule has 0 aliphatic carbocycles. The minimum Gasteiger partial charge on any atom is -0.481 e. The first-order valence-electron chi connectivity index (χ1n) is 7.45. The molecule has 6 heteroatoms. The summed E-state index contributed by atoms with van der Waals surface area (Å²) in [6.45, 7) is 9.42. The standard InChI is InChI=1S/C15H23N3O3/c1-5-18-13(6-12(16-18)9(2)3)14(19)17-7-11(8-17)10(4)15(20)21/h6,9-11H,5,7-8H2,1-4H3,(H,20,21). The molecular weight excluding hydrogens is 270 g/mol. The molecule has 21 heavy (non-hydrogen) atoms. The Balaban J connectivity index is 2.07. The fourth-order valence-corrected chi connectivity index (χ4v) is 2.49. The van der Waals surface area contributed by atoms with Crippen molar-refractivity contribution in [2.24, 2.45) is 11.8 Å². The number of nitrogens with zero attached hydrogens (tertiary/aromatic N) is 3. The van der Waals surface area contributed by atoms with E-state index in [1.165, 1.54) is 0 Å². The van der Waals surface area contributed by atoms with Gasteiger partial charge in [0, 0.05) is 25.6 Å². The number of aryl methyl sites for hydroxylation is 1. The third-order valence-corrected chi connectivity index (χ3v) is 4.20. The Bertz CT molecular complexity index is 544. The van der Waals surface area contributed by atoms with Crippen LogP contribution in [0.3, 0.4) is 0 Å². The summed E-state index contributed by atoms with van der Waals surface area (Å²) in [7, 11) is 0. The van der Waals surface area contributed by atoms with E-state index >= 15 is 0 Å². The van der Waals surface area contributed by atoms with Crippen molar-refractivity contribution < 1.29 is 14.7 Å². The number of aliphatic carboxylic acids is 1. The highest BCUT2D eigenvalue weighted by Gasteiger charge is 2.38. The number of likely N-dealkylation sites (tertiary alicyclic amines) is 1. The number of carboxylic acids is 1. The molecule has 1 saturated heterocycles. The molecule has 1 aliphatic heterocycles. The van der Waals surface area contributed by atoms with E-state index in [-0.39, 0.29) is 17.7 Å². The smallest absolute Gasteiger partial charge is 0.306 e. The van der Waals surface area contributed by atoms with Crippen LogP contribution in [0, 0.1) is 11.8 Å². The molecule has 116 valence electrons. The molecule has 1 aliphatic rings. The first-order chi connectivity index (χ1) is 9.85. The number of carbonyl (C=O) groups excluding carboxylic acids is 1. The van der Waals surface area contributed by atoms with Crippen molar-refractivity contribution in [3.05, 3.63) is 17.5 Å². The van der Waals surface area contributed by atoms with Gasteiger partial charge in [0.25, 0.3) is 5.91 Å². The van der Waals surface area contributed by atoms with Crippen molar-refractivity contribution in [2.75, 3.05) is 13.1 Å². The predicted molar refractivity (Wildman–Crippen MR) is 78.2 cm³/mol. The van der Waals surface area contributed by atoms with Crippen molar-refractivity contribution in [3.8, 4) is 0 Å². The molecule has 0 saturated carbocycles. The van der Waals surface area contributed by atoms with Crippen LogP contribution in [0.15, 0.2) is 6.07 Å². The summed E-state index contributed by atoms with van der Waals surface area (Å²) in [5.41, 5.74) is 1.51. The Morgan fingerprint density at radius 1 is 1.38 bits per heavy atom. The zero-order valence-electron chi connectivity index (χ0n) is 13.0. The largest absolute Gasteiger partial charge is 0.481 e. The lowest BCUT2D eigenvalue weighted by atomic mass is 9.87. The van der Waals surface area contributed by atoms with Crippen molar-refractivity contribution >= 4 is 11.9 Å². The van der Waals surface area contributed by atoms with Gasteiger partial charge in [-0.15, -0.1) is 0 Å². The van der Waals surface area contributed by atoms with Crippen LogP contribution in [0.25, 0.3) is 0 Å². The van der Waals surface area contributed by atoms with Crippen molar-refractivity contribution in [1.29, 1.82) is 0 Å². The molecule has 2 heterocycles. The molecule has 6 nitrogen and oxygen atoms in total. The maximum absolute atomic E-state index is 12.5. The lowest BCUT2D eigenvalue weighted by Crippen LogP contribution is -2.53. The van der Waals surface area contributed by atoms with Crippen LogP contribution in [0.2, 0.25) is 0 Å². The van der Waals surface area contributed by atoms with Gasteiger partial charge >= 0.3 is 5.97 Å². The second-order valence-corrected chi connectivity index (χ2v) is 6.02. The zero-order chi connectivity index (χ0) is 15.7. The SMILES string of the molecule is CCn1nc(C(C)C)cc1C(=O)N1CC(C(C)C(=O)O)C1. The lowest BCUT2D eigenvalue weighted by molar-refractivity contribution is -0.144. The molecule has 0 bridgehead atoms. The third kappa shape index (κ3) is 2.94. The van der Waals surface area contributed by atoms with Gasteiger partial charge in [0.2, 0.25) is 0 Å². The fraction of sp³-hybridized carbons (Fsp3) is 0.667. The number of aromatic nitrogens is 2. The molecule has 0 spiro atoms. The average molecular weight is 293 g/mol. The molecule has 2 rings (SSSR count). The van der Waals surface area contributed by atoms with Gasteiger partial charge in [-0.25, -0.2) is 0 Å². The monoisotopic (exact) mass is 293 g/mol. The maximum Gasteiger partial charge on any atom is 0.306 e. The Morgan fingerprint density at radius 2 is 2.00 bits per heavy atom. The van der Waals surface area contributed by atoms with Crippen LogP contribution in [-0.4, -0.2) is 44.8 Å². The summed E-state index contributed by atoms with van der Waals surface area (Å²) in [5.74, 6) is -0.927. The molecule has 1 fully saturated rings. The Labute approximate surface area is 124 Å². The second kappa shape index (κ2) is 5.87. The molecular formula is C15H23N3O3. The van der Waals surface area contributed by atoms with Crippen LogP contribution >= 0.6 is 0 Å². The molecule has 1 atom stereocenters. The summed E-state index contributed by atoms with van der Waals surface area (Å²) >= 11 is 0. The number of hydrogen-bond donors (Lipinski definition) is 1. The van der Waals surface area contributed by atoms with Gasteiger partial charge < -0.3 is 10.0 Å². The summed E-state index contributed by atoms with van der Waals surface area (Å²) in [6, 6.07) is 1.85. The highest BCUT2D eigenvalue weighted by molar-refractivity contribution is 5.93. The lowest BCUT2D eigenvalue weighted by Gasteiger charge is -2.41. The molecule has 0 radical (unpaired) electrons. The number of carbonyl (C=O) groups is 2. The first-order valence-corrected chi connectivity index (χ1v) is 7.45. The van der Waals surface area contributed by atoms with Gasteiger partial charge in [0.15, 0.2) is 0 Å². The van der Waals surface area contributed by atoms with Crippen LogP contribution in [-0.2, 0) is 11.3 Å². The van der Waals surface area contributed by atoms with Crippen LogP contribution in [0.5, 0.6) is 0 Å². The van der Waals surface area contributed by atoms with E-state index in [0.29, 0.717) is 25.3 Å². The molecule has 1 N–H and O–H groups in total.